The van der Waals surface area contributed by atoms with Crippen molar-refractivity contribution < 1.29 is 33.3 Å². The zero-order valence-electron chi connectivity index (χ0n) is 17.1. The molecule has 0 unspecified atom stereocenters. The normalized spacial score (nSPS) is 16.5. The molecule has 2 amide bonds. The Bertz CT molecular complexity index is 1020. The molecule has 0 saturated carbocycles. The van der Waals surface area contributed by atoms with Crippen molar-refractivity contribution in [2.75, 3.05) is 20.2 Å². The minimum Gasteiger partial charge on any atom is -0.473 e. The summed E-state index contributed by atoms with van der Waals surface area (Å²) in [5.74, 6) is 0.156. The lowest BCUT2D eigenvalue weighted by Gasteiger charge is -2.20. The van der Waals surface area contributed by atoms with E-state index in [9.17, 15) is 14.4 Å². The van der Waals surface area contributed by atoms with Gasteiger partial charge in [0.2, 0.25) is 18.5 Å². The molecule has 1 atom stereocenters. The Morgan fingerprint density at radius 1 is 1.13 bits per heavy atom. The van der Waals surface area contributed by atoms with E-state index in [1.54, 1.807) is 6.07 Å². The van der Waals surface area contributed by atoms with Gasteiger partial charge in [-0.05, 0) is 29.9 Å². The van der Waals surface area contributed by atoms with Crippen LogP contribution in [0.25, 0.3) is 10.1 Å². The van der Waals surface area contributed by atoms with Crippen LogP contribution in [0.4, 0.5) is 0 Å². The van der Waals surface area contributed by atoms with E-state index in [0.29, 0.717) is 22.8 Å². The van der Waals surface area contributed by atoms with Gasteiger partial charge in [0, 0.05) is 10.8 Å². The second kappa shape index (κ2) is 8.94. The van der Waals surface area contributed by atoms with Crippen molar-refractivity contribution in [3.8, 4) is 11.5 Å². The van der Waals surface area contributed by atoms with E-state index >= 15 is 0 Å². The first-order valence-corrected chi connectivity index (χ1v) is 10.6. The first-order chi connectivity index (χ1) is 14.9. The molecule has 0 bridgehead atoms. The monoisotopic (exact) mass is 446 g/mol. The van der Waals surface area contributed by atoms with E-state index in [1.807, 2.05) is 26.0 Å². The van der Waals surface area contributed by atoms with Crippen LogP contribution in [0, 0.1) is 5.92 Å². The average molecular weight is 446 g/mol. The summed E-state index contributed by atoms with van der Waals surface area (Å²) in [6.45, 7) is 3.82. The summed E-state index contributed by atoms with van der Waals surface area (Å²) in [5.41, 5.74) is 0.00174. The van der Waals surface area contributed by atoms with E-state index in [2.05, 4.69) is 10.6 Å². The third kappa shape index (κ3) is 4.80. The Labute approximate surface area is 182 Å². The lowest BCUT2D eigenvalue weighted by atomic mass is 10.0. The largest absolute Gasteiger partial charge is 0.473 e. The van der Waals surface area contributed by atoms with Gasteiger partial charge in [-0.2, -0.15) is 0 Å². The Morgan fingerprint density at radius 3 is 2.68 bits per heavy atom. The van der Waals surface area contributed by atoms with Gasteiger partial charge in [0.15, 0.2) is 18.3 Å². The van der Waals surface area contributed by atoms with E-state index in [4.69, 9.17) is 18.9 Å². The number of carbonyl (C=O) groups excluding carboxylic acids is 3. The smallest absolute Gasteiger partial charge is 0.262 e. The van der Waals surface area contributed by atoms with E-state index < -0.39 is 17.7 Å². The molecular formula is C21H22N2O7S. The predicted octanol–water partition coefficient (Wildman–Crippen LogP) is 2.31. The summed E-state index contributed by atoms with van der Waals surface area (Å²) >= 11 is 1.30. The molecule has 3 heterocycles. The van der Waals surface area contributed by atoms with Gasteiger partial charge in [-0.15, -0.1) is 11.3 Å². The van der Waals surface area contributed by atoms with Crippen LogP contribution in [0.15, 0.2) is 30.2 Å². The lowest BCUT2D eigenvalue weighted by Crippen LogP contribution is -2.47. The highest BCUT2D eigenvalue weighted by atomic mass is 32.1. The van der Waals surface area contributed by atoms with Gasteiger partial charge in [0.05, 0.1) is 4.88 Å². The Balaban J connectivity index is 1.49. The molecule has 10 heteroatoms. The molecule has 0 spiro atoms. The molecule has 4 rings (SSSR count). The van der Waals surface area contributed by atoms with Crippen LogP contribution in [0.5, 0.6) is 11.5 Å². The minimum absolute atomic E-state index is 0.00174. The van der Waals surface area contributed by atoms with E-state index in [1.165, 1.54) is 11.3 Å². The standard InChI is InChI=1S/C21H22N2O7S/c1-11(2)3-13(20(25)23-14-7-27-9-28-8-15(14)24)22-21(26)19-5-12-4-16-17(30-10-29-16)6-18(12)31-19/h4-7,11,13H,3,8-10H2,1-2H3,(H,22,26)(H,23,25)/t13-/m0/s1. The molecule has 2 aromatic rings. The Morgan fingerprint density at radius 2 is 1.90 bits per heavy atom. The molecule has 0 fully saturated rings. The number of thiophene rings is 1. The highest BCUT2D eigenvalue weighted by Crippen LogP contribution is 2.39. The Kier molecular flexibility index (Phi) is 6.10. The van der Waals surface area contributed by atoms with Crippen LogP contribution in [0.3, 0.4) is 0 Å². The van der Waals surface area contributed by atoms with Crippen LogP contribution in [-0.2, 0) is 19.1 Å². The number of carbonyl (C=O) groups is 3. The number of Topliss-reactive ketones (excluding diaryl/α,β-unsaturated/α-hetero) is 1. The van der Waals surface area contributed by atoms with Gasteiger partial charge in [-0.25, -0.2) is 0 Å². The van der Waals surface area contributed by atoms with Gasteiger partial charge in [-0.1, -0.05) is 13.8 Å². The van der Waals surface area contributed by atoms with Crippen molar-refractivity contribution in [3.05, 3.63) is 35.0 Å². The molecule has 1 aromatic heterocycles. The van der Waals surface area contributed by atoms with E-state index in [-0.39, 0.29) is 37.7 Å². The van der Waals surface area contributed by atoms with Gasteiger partial charge < -0.3 is 29.6 Å². The quantitative estimate of drug-likeness (QED) is 0.700. The molecule has 2 N–H and O–H groups in total. The van der Waals surface area contributed by atoms with Crippen molar-refractivity contribution >= 4 is 39.0 Å². The number of hydrogen-bond donors (Lipinski definition) is 2. The lowest BCUT2D eigenvalue weighted by molar-refractivity contribution is -0.126. The number of nitrogens with one attached hydrogen (secondary N) is 2. The molecule has 164 valence electrons. The maximum Gasteiger partial charge on any atom is 0.262 e. The molecule has 2 aliphatic heterocycles. The van der Waals surface area contributed by atoms with Crippen molar-refractivity contribution in [3.63, 3.8) is 0 Å². The predicted molar refractivity (Wildman–Crippen MR) is 112 cm³/mol. The van der Waals surface area contributed by atoms with Gasteiger partial charge >= 0.3 is 0 Å². The number of ketones is 1. The van der Waals surface area contributed by atoms with Gasteiger partial charge in [0.25, 0.3) is 5.91 Å². The van der Waals surface area contributed by atoms with Crippen molar-refractivity contribution in [2.45, 2.75) is 26.3 Å². The number of benzene rings is 1. The summed E-state index contributed by atoms with van der Waals surface area (Å²) in [6.07, 6.45) is 1.56. The van der Waals surface area contributed by atoms with Crippen LogP contribution in [0.2, 0.25) is 0 Å². The molecular weight excluding hydrogens is 424 g/mol. The molecule has 0 radical (unpaired) electrons. The van der Waals surface area contributed by atoms with Crippen molar-refractivity contribution in [2.24, 2.45) is 5.92 Å². The highest BCUT2D eigenvalue weighted by Gasteiger charge is 2.26. The maximum absolute atomic E-state index is 12.9. The molecule has 1 aromatic carbocycles. The SMILES string of the molecule is CC(C)C[C@H](NC(=O)c1cc2cc3c(cc2s1)OCO3)C(=O)NC1=COCOCC1=O. The fourth-order valence-corrected chi connectivity index (χ4v) is 4.21. The van der Waals surface area contributed by atoms with Crippen LogP contribution < -0.4 is 20.1 Å². The fourth-order valence-electron chi connectivity index (χ4n) is 3.24. The minimum atomic E-state index is -0.827. The summed E-state index contributed by atoms with van der Waals surface area (Å²) in [5, 5.41) is 6.20. The summed E-state index contributed by atoms with van der Waals surface area (Å²) < 4.78 is 21.6. The number of hydrogen-bond acceptors (Lipinski definition) is 8. The van der Waals surface area contributed by atoms with Gasteiger partial charge in [0.1, 0.15) is 24.6 Å². The highest BCUT2D eigenvalue weighted by molar-refractivity contribution is 7.20. The molecule has 0 saturated heterocycles. The molecule has 31 heavy (non-hydrogen) atoms. The zero-order valence-corrected chi connectivity index (χ0v) is 17.9. The zero-order chi connectivity index (χ0) is 22.0. The second-order valence-electron chi connectivity index (χ2n) is 7.59. The third-order valence-corrected chi connectivity index (χ3v) is 5.80. The maximum atomic E-state index is 12.9. The summed E-state index contributed by atoms with van der Waals surface area (Å²) in [7, 11) is 0. The fraction of sp³-hybridized carbons (Fsp3) is 0.381. The van der Waals surface area contributed by atoms with Crippen LogP contribution in [-0.4, -0.2) is 43.8 Å². The van der Waals surface area contributed by atoms with Crippen LogP contribution in [0.1, 0.15) is 29.9 Å². The van der Waals surface area contributed by atoms with Crippen LogP contribution >= 0.6 is 11.3 Å². The number of fused-ring (bicyclic) bond motifs is 2. The molecule has 2 aliphatic rings. The third-order valence-electron chi connectivity index (χ3n) is 4.71. The summed E-state index contributed by atoms with van der Waals surface area (Å²) in [4.78, 5) is 38.2. The number of amides is 2. The number of ether oxygens (including phenoxy) is 4. The summed E-state index contributed by atoms with van der Waals surface area (Å²) in [6, 6.07) is 4.59. The first kappa shape index (κ1) is 21.1. The van der Waals surface area contributed by atoms with Gasteiger partial charge in [-0.3, -0.25) is 14.4 Å². The first-order valence-electron chi connectivity index (χ1n) is 9.78. The topological polar surface area (TPSA) is 112 Å². The van der Waals surface area contributed by atoms with Crippen molar-refractivity contribution in [1.29, 1.82) is 0 Å². The average Bonchev–Trinajstić information content (AvgIpc) is 3.30. The molecule has 0 aliphatic carbocycles. The molecule has 9 nitrogen and oxygen atoms in total. The second-order valence-corrected chi connectivity index (χ2v) is 8.67. The Hall–Kier alpha value is -3.11. The van der Waals surface area contributed by atoms with E-state index in [0.717, 1.165) is 16.3 Å². The number of rotatable bonds is 6. The van der Waals surface area contributed by atoms with Crippen molar-refractivity contribution in [1.82, 2.24) is 10.6 Å².